The van der Waals surface area contributed by atoms with E-state index >= 15 is 0 Å². The highest BCUT2D eigenvalue weighted by Crippen LogP contribution is 2.19. The molecule has 0 bridgehead atoms. The largest absolute Gasteiger partial charge is 0.480 e. The summed E-state index contributed by atoms with van der Waals surface area (Å²) in [6.45, 7) is 3.49. The first-order valence-corrected chi connectivity index (χ1v) is 5.98. The summed E-state index contributed by atoms with van der Waals surface area (Å²) >= 11 is 0. The normalized spacial score (nSPS) is 11.3. The maximum Gasteiger partial charge on any atom is 0.321 e. The van der Waals surface area contributed by atoms with Crippen molar-refractivity contribution < 1.29 is 23.5 Å². The minimum atomic E-state index is -1.01. The van der Waals surface area contributed by atoms with Gasteiger partial charge in [-0.05, 0) is 32.0 Å². The smallest absolute Gasteiger partial charge is 0.321 e. The van der Waals surface area contributed by atoms with Crippen molar-refractivity contribution in [2.75, 3.05) is 6.54 Å². The van der Waals surface area contributed by atoms with Crippen molar-refractivity contribution in [3.8, 4) is 5.75 Å². The summed E-state index contributed by atoms with van der Waals surface area (Å²) in [5.41, 5.74) is -0.0114. The Bertz CT molecular complexity index is 519. The van der Waals surface area contributed by atoms with Gasteiger partial charge in [0.1, 0.15) is 11.6 Å². The third-order valence-electron chi connectivity index (χ3n) is 2.35. The van der Waals surface area contributed by atoms with E-state index in [9.17, 15) is 18.8 Å². The van der Waals surface area contributed by atoms with Gasteiger partial charge in [0.25, 0.3) is 5.91 Å². The number of hydrogen-bond donors (Lipinski definition) is 2. The van der Waals surface area contributed by atoms with Gasteiger partial charge >= 0.3 is 6.03 Å². The summed E-state index contributed by atoms with van der Waals surface area (Å²) < 4.78 is 18.2. The van der Waals surface area contributed by atoms with Crippen LogP contribution in [0.4, 0.5) is 9.18 Å². The molecule has 1 rings (SSSR count). The van der Waals surface area contributed by atoms with Crippen LogP contribution in [0.1, 0.15) is 24.2 Å². The van der Waals surface area contributed by atoms with Gasteiger partial charge in [0, 0.05) is 6.54 Å². The molecular formula is C13H15FN2O4. The molecule has 0 heterocycles. The molecule has 0 aliphatic heterocycles. The van der Waals surface area contributed by atoms with Crippen molar-refractivity contribution in [1.82, 2.24) is 10.6 Å². The first-order chi connectivity index (χ1) is 9.47. The van der Waals surface area contributed by atoms with Crippen LogP contribution in [0.5, 0.6) is 5.75 Å². The topological polar surface area (TPSA) is 84.5 Å². The molecule has 0 fully saturated rings. The van der Waals surface area contributed by atoms with Crippen LogP contribution < -0.4 is 15.4 Å². The summed E-state index contributed by atoms with van der Waals surface area (Å²) in [5, 5.41) is 4.47. The van der Waals surface area contributed by atoms with Gasteiger partial charge in [0.15, 0.2) is 12.4 Å². The molecule has 0 aromatic heterocycles. The lowest BCUT2D eigenvalue weighted by Gasteiger charge is -2.15. The lowest BCUT2D eigenvalue weighted by atomic mass is 10.2. The molecule has 3 amide bonds. The lowest BCUT2D eigenvalue weighted by Crippen LogP contribution is -2.45. The zero-order valence-corrected chi connectivity index (χ0v) is 11.1. The van der Waals surface area contributed by atoms with E-state index in [0.717, 1.165) is 12.1 Å². The summed E-state index contributed by atoms with van der Waals surface area (Å²) in [7, 11) is 0. The van der Waals surface area contributed by atoms with Crippen LogP contribution >= 0.6 is 0 Å². The number of aldehydes is 1. The second kappa shape index (κ2) is 7.22. The van der Waals surface area contributed by atoms with Crippen molar-refractivity contribution in [1.29, 1.82) is 0 Å². The molecule has 0 saturated heterocycles. The summed E-state index contributed by atoms with van der Waals surface area (Å²) in [6.07, 6.45) is -0.589. The van der Waals surface area contributed by atoms with Gasteiger partial charge in [-0.3, -0.25) is 14.9 Å². The van der Waals surface area contributed by atoms with E-state index in [1.54, 1.807) is 6.92 Å². The van der Waals surface area contributed by atoms with Gasteiger partial charge in [0.2, 0.25) is 0 Å². The first-order valence-electron chi connectivity index (χ1n) is 5.98. The third-order valence-corrected chi connectivity index (χ3v) is 2.35. The van der Waals surface area contributed by atoms with E-state index in [1.165, 1.54) is 13.0 Å². The third kappa shape index (κ3) is 4.34. The van der Waals surface area contributed by atoms with Crippen LogP contribution in [0.2, 0.25) is 0 Å². The fourth-order valence-corrected chi connectivity index (χ4v) is 1.38. The van der Waals surface area contributed by atoms with Crippen LogP contribution in [0.25, 0.3) is 0 Å². The van der Waals surface area contributed by atoms with Crippen molar-refractivity contribution >= 4 is 18.2 Å². The Morgan fingerprint density at radius 3 is 2.75 bits per heavy atom. The zero-order chi connectivity index (χ0) is 15.1. The first kappa shape index (κ1) is 15.6. The maximum atomic E-state index is 12.9. The number of carbonyl (C=O) groups is 3. The van der Waals surface area contributed by atoms with E-state index in [0.29, 0.717) is 12.8 Å². The summed E-state index contributed by atoms with van der Waals surface area (Å²) in [6, 6.07) is 2.71. The molecule has 108 valence electrons. The molecule has 2 N–H and O–H groups in total. The molecule has 0 radical (unpaired) electrons. The predicted octanol–water partition coefficient (Wildman–Crippen LogP) is 1.25. The number of carbonyl (C=O) groups excluding carboxylic acids is 3. The molecule has 0 aliphatic rings. The SMILES string of the molecule is CCNC(=O)NC(=O)C(C)Oc1ccc(F)cc1C=O. The van der Waals surface area contributed by atoms with Crippen molar-refractivity contribution in [2.45, 2.75) is 20.0 Å². The average molecular weight is 282 g/mol. The van der Waals surface area contributed by atoms with Gasteiger partial charge in [-0.1, -0.05) is 0 Å². The minimum absolute atomic E-state index is 0.0114. The van der Waals surface area contributed by atoms with Crippen molar-refractivity contribution in [3.05, 3.63) is 29.6 Å². The summed E-state index contributed by atoms with van der Waals surface area (Å²) in [4.78, 5) is 33.6. The molecule has 0 saturated carbocycles. The van der Waals surface area contributed by atoms with Gasteiger partial charge in [-0.25, -0.2) is 9.18 Å². The molecule has 20 heavy (non-hydrogen) atoms. The molecular weight excluding hydrogens is 267 g/mol. The number of amides is 3. The van der Waals surface area contributed by atoms with Crippen LogP contribution in [-0.2, 0) is 4.79 Å². The van der Waals surface area contributed by atoms with Crippen LogP contribution in [0, 0.1) is 5.82 Å². The number of urea groups is 1. The number of nitrogens with one attached hydrogen (secondary N) is 2. The van der Waals surface area contributed by atoms with E-state index in [4.69, 9.17) is 4.74 Å². The molecule has 6 nitrogen and oxygen atoms in total. The van der Waals surface area contributed by atoms with Crippen LogP contribution in [0.15, 0.2) is 18.2 Å². The predicted molar refractivity (Wildman–Crippen MR) is 69.1 cm³/mol. The molecule has 0 aliphatic carbocycles. The Morgan fingerprint density at radius 1 is 1.45 bits per heavy atom. The Balaban J connectivity index is 2.70. The van der Waals surface area contributed by atoms with Crippen molar-refractivity contribution in [2.24, 2.45) is 0 Å². The van der Waals surface area contributed by atoms with Crippen molar-refractivity contribution in [3.63, 3.8) is 0 Å². The van der Waals surface area contributed by atoms with Gasteiger partial charge < -0.3 is 10.1 Å². The van der Waals surface area contributed by atoms with E-state index < -0.39 is 23.9 Å². The van der Waals surface area contributed by atoms with Crippen LogP contribution in [-0.4, -0.2) is 30.9 Å². The quantitative estimate of drug-likeness (QED) is 0.796. The Labute approximate surface area is 115 Å². The Hall–Kier alpha value is -2.44. The molecule has 0 spiro atoms. The van der Waals surface area contributed by atoms with Gasteiger partial charge in [0.05, 0.1) is 5.56 Å². The minimum Gasteiger partial charge on any atom is -0.480 e. The highest BCUT2D eigenvalue weighted by Gasteiger charge is 2.18. The monoisotopic (exact) mass is 282 g/mol. The highest BCUT2D eigenvalue weighted by atomic mass is 19.1. The van der Waals surface area contributed by atoms with Gasteiger partial charge in [-0.15, -0.1) is 0 Å². The Kier molecular flexibility index (Phi) is 5.64. The maximum absolute atomic E-state index is 12.9. The Morgan fingerprint density at radius 2 is 2.15 bits per heavy atom. The standard InChI is InChI=1S/C13H15FN2O4/c1-3-15-13(19)16-12(18)8(2)20-11-5-4-10(14)6-9(11)7-17/h4-8H,3H2,1-2H3,(H2,15,16,18,19). The van der Waals surface area contributed by atoms with E-state index in [2.05, 4.69) is 10.6 Å². The average Bonchev–Trinajstić information content (AvgIpc) is 2.40. The molecule has 1 aromatic rings. The summed E-state index contributed by atoms with van der Waals surface area (Å²) in [5.74, 6) is -1.18. The number of halogens is 1. The number of rotatable bonds is 5. The zero-order valence-electron chi connectivity index (χ0n) is 11.1. The molecule has 1 unspecified atom stereocenters. The number of imide groups is 1. The second-order valence-corrected chi connectivity index (χ2v) is 3.91. The number of hydrogen-bond acceptors (Lipinski definition) is 4. The molecule has 1 aromatic carbocycles. The van der Waals surface area contributed by atoms with E-state index in [1.807, 2.05) is 0 Å². The molecule has 7 heteroatoms. The van der Waals surface area contributed by atoms with E-state index in [-0.39, 0.29) is 11.3 Å². The van der Waals surface area contributed by atoms with Gasteiger partial charge in [-0.2, -0.15) is 0 Å². The molecule has 1 atom stereocenters. The fourth-order valence-electron chi connectivity index (χ4n) is 1.38. The fraction of sp³-hybridized carbons (Fsp3) is 0.308. The second-order valence-electron chi connectivity index (χ2n) is 3.91. The number of benzene rings is 1. The van der Waals surface area contributed by atoms with Crippen LogP contribution in [0.3, 0.4) is 0 Å². The highest BCUT2D eigenvalue weighted by molar-refractivity contribution is 5.96. The lowest BCUT2D eigenvalue weighted by molar-refractivity contribution is -0.126. The number of ether oxygens (including phenoxy) is 1.